The van der Waals surface area contributed by atoms with Crippen LogP contribution in [0, 0.1) is 11.6 Å². The number of aromatic amines is 1. The summed E-state index contributed by atoms with van der Waals surface area (Å²) in [5.41, 5.74) is 1.47. The molecule has 2 aromatic heterocycles. The highest BCUT2D eigenvalue weighted by Crippen LogP contribution is 2.29. The van der Waals surface area contributed by atoms with Crippen molar-refractivity contribution in [3.05, 3.63) is 60.2 Å². The highest BCUT2D eigenvalue weighted by Gasteiger charge is 2.13. The molecule has 4 aromatic rings. The molecule has 0 aliphatic heterocycles. The second-order valence-corrected chi connectivity index (χ2v) is 4.87. The molecule has 4 nitrogen and oxygen atoms in total. The van der Waals surface area contributed by atoms with Crippen molar-refractivity contribution in [2.24, 2.45) is 0 Å². The molecule has 0 radical (unpaired) electrons. The molecule has 0 unspecified atom stereocenters. The fourth-order valence-corrected chi connectivity index (χ4v) is 2.57. The van der Waals surface area contributed by atoms with E-state index in [4.69, 9.17) is 0 Å². The van der Waals surface area contributed by atoms with Gasteiger partial charge in [0, 0.05) is 21.9 Å². The maximum atomic E-state index is 14.6. The van der Waals surface area contributed by atoms with Crippen LogP contribution >= 0.6 is 0 Å². The van der Waals surface area contributed by atoms with E-state index in [2.05, 4.69) is 15.1 Å². The van der Waals surface area contributed by atoms with Crippen LogP contribution in [0.1, 0.15) is 5.56 Å². The Morgan fingerprint density at radius 3 is 2.76 bits per heavy atom. The highest BCUT2D eigenvalue weighted by atomic mass is 19.1. The lowest BCUT2D eigenvalue weighted by atomic mass is 10.1. The number of fused-ring (bicyclic) bond motifs is 3. The zero-order chi connectivity index (χ0) is 14.4. The Balaban J connectivity index is 1.92. The molecule has 0 fully saturated rings. The number of nitrogens with one attached hydrogen (secondary N) is 1. The quantitative estimate of drug-likeness (QED) is 0.614. The van der Waals surface area contributed by atoms with Gasteiger partial charge in [-0.05, 0) is 18.2 Å². The highest BCUT2D eigenvalue weighted by molar-refractivity contribution is 6.07. The standard InChI is InChI=1S/C15H10F2N4/c16-10-2-4-11-12-3-1-9(6-21-8-18-7-19-21)14(17)15(12)20-13(11)5-10/h1-5,7-8,20H,6H2. The maximum absolute atomic E-state index is 14.6. The van der Waals surface area contributed by atoms with Crippen LogP contribution in [-0.4, -0.2) is 19.7 Å². The van der Waals surface area contributed by atoms with Gasteiger partial charge in [-0.2, -0.15) is 5.10 Å². The summed E-state index contributed by atoms with van der Waals surface area (Å²) in [5.74, 6) is -0.697. The molecule has 2 heterocycles. The van der Waals surface area contributed by atoms with Crippen molar-refractivity contribution >= 4 is 21.8 Å². The monoisotopic (exact) mass is 284 g/mol. The van der Waals surface area contributed by atoms with Gasteiger partial charge in [0.15, 0.2) is 5.82 Å². The number of rotatable bonds is 2. The van der Waals surface area contributed by atoms with Crippen LogP contribution in [0.4, 0.5) is 8.78 Å². The molecular weight excluding hydrogens is 274 g/mol. The first-order chi connectivity index (χ1) is 10.2. The number of benzene rings is 2. The van der Waals surface area contributed by atoms with Crippen molar-refractivity contribution in [1.29, 1.82) is 0 Å². The molecule has 0 aliphatic carbocycles. The third-order valence-electron chi connectivity index (χ3n) is 3.55. The number of aromatic nitrogens is 4. The molecule has 0 spiro atoms. The van der Waals surface area contributed by atoms with Crippen molar-refractivity contribution in [1.82, 2.24) is 19.7 Å². The molecule has 104 valence electrons. The molecule has 0 atom stereocenters. The Kier molecular flexibility index (Phi) is 2.50. The molecule has 4 rings (SSSR count). The second kappa shape index (κ2) is 4.37. The van der Waals surface area contributed by atoms with E-state index in [9.17, 15) is 8.78 Å². The summed E-state index contributed by atoms with van der Waals surface area (Å²) in [4.78, 5) is 6.78. The minimum Gasteiger partial charge on any atom is -0.352 e. The Bertz CT molecular complexity index is 941. The maximum Gasteiger partial charge on any atom is 0.152 e. The predicted molar refractivity (Wildman–Crippen MR) is 74.8 cm³/mol. The summed E-state index contributed by atoms with van der Waals surface area (Å²) in [5, 5.41) is 5.51. The first-order valence-corrected chi connectivity index (χ1v) is 6.43. The summed E-state index contributed by atoms with van der Waals surface area (Å²) >= 11 is 0. The molecule has 0 saturated heterocycles. The molecule has 0 saturated carbocycles. The van der Waals surface area contributed by atoms with Crippen LogP contribution in [0.2, 0.25) is 0 Å². The SMILES string of the molecule is Fc1ccc2c(c1)[nH]c1c(F)c(Cn3cncn3)ccc12. The Labute approximate surface area is 118 Å². The summed E-state index contributed by atoms with van der Waals surface area (Å²) in [6.45, 7) is 0.297. The lowest BCUT2D eigenvalue weighted by Crippen LogP contribution is -2.02. The van der Waals surface area contributed by atoms with E-state index in [1.807, 2.05) is 6.07 Å². The molecule has 0 aliphatic rings. The van der Waals surface area contributed by atoms with Gasteiger partial charge in [0.2, 0.25) is 0 Å². The van der Waals surface area contributed by atoms with Gasteiger partial charge in [0.25, 0.3) is 0 Å². The summed E-state index contributed by atoms with van der Waals surface area (Å²) in [6.07, 6.45) is 2.94. The fourth-order valence-electron chi connectivity index (χ4n) is 2.57. The Hall–Kier alpha value is -2.76. The van der Waals surface area contributed by atoms with E-state index in [0.29, 0.717) is 23.1 Å². The minimum absolute atomic E-state index is 0.297. The first kappa shape index (κ1) is 12.0. The summed E-state index contributed by atoms with van der Waals surface area (Å²) in [6, 6.07) is 7.94. The van der Waals surface area contributed by atoms with Crippen LogP contribution < -0.4 is 0 Å². The largest absolute Gasteiger partial charge is 0.352 e. The predicted octanol–water partition coefficient (Wildman–Crippen LogP) is 3.24. The van der Waals surface area contributed by atoms with Crippen LogP contribution in [-0.2, 0) is 6.54 Å². The number of halogens is 2. The fraction of sp³-hybridized carbons (Fsp3) is 0.0667. The number of nitrogens with zero attached hydrogens (tertiary/aromatic N) is 3. The number of H-pyrrole nitrogens is 1. The lowest BCUT2D eigenvalue weighted by Gasteiger charge is -2.04. The molecule has 6 heteroatoms. The van der Waals surface area contributed by atoms with Gasteiger partial charge in [-0.1, -0.05) is 12.1 Å². The van der Waals surface area contributed by atoms with Crippen molar-refractivity contribution in [2.45, 2.75) is 6.54 Å². The van der Waals surface area contributed by atoms with Crippen LogP contribution in [0.5, 0.6) is 0 Å². The van der Waals surface area contributed by atoms with Crippen molar-refractivity contribution in [3.8, 4) is 0 Å². The molecule has 1 N–H and O–H groups in total. The van der Waals surface area contributed by atoms with E-state index in [0.717, 1.165) is 10.8 Å². The normalized spacial score (nSPS) is 11.5. The zero-order valence-corrected chi connectivity index (χ0v) is 10.8. The molecule has 2 aromatic carbocycles. The van der Waals surface area contributed by atoms with E-state index in [1.54, 1.807) is 16.8 Å². The van der Waals surface area contributed by atoms with E-state index < -0.39 is 0 Å². The molecule has 0 bridgehead atoms. The van der Waals surface area contributed by atoms with Gasteiger partial charge < -0.3 is 4.98 Å². The average Bonchev–Trinajstić information content (AvgIpc) is 3.09. The first-order valence-electron chi connectivity index (χ1n) is 6.43. The molecule has 0 amide bonds. The van der Waals surface area contributed by atoms with Crippen molar-refractivity contribution in [3.63, 3.8) is 0 Å². The topological polar surface area (TPSA) is 46.5 Å². The Morgan fingerprint density at radius 2 is 1.95 bits per heavy atom. The van der Waals surface area contributed by atoms with Gasteiger partial charge in [0.05, 0.1) is 12.1 Å². The summed E-state index contributed by atoms with van der Waals surface area (Å²) < 4.78 is 29.4. The van der Waals surface area contributed by atoms with Crippen LogP contribution in [0.15, 0.2) is 43.0 Å². The van der Waals surface area contributed by atoms with Crippen LogP contribution in [0.3, 0.4) is 0 Å². The minimum atomic E-state index is -0.350. The smallest absolute Gasteiger partial charge is 0.152 e. The van der Waals surface area contributed by atoms with E-state index >= 15 is 0 Å². The third kappa shape index (κ3) is 1.87. The van der Waals surface area contributed by atoms with Gasteiger partial charge in [-0.3, -0.25) is 0 Å². The molecule has 21 heavy (non-hydrogen) atoms. The van der Waals surface area contributed by atoms with E-state index in [-0.39, 0.29) is 11.6 Å². The van der Waals surface area contributed by atoms with Crippen molar-refractivity contribution < 1.29 is 8.78 Å². The molecular formula is C15H10F2N4. The van der Waals surface area contributed by atoms with Gasteiger partial charge in [-0.15, -0.1) is 0 Å². The van der Waals surface area contributed by atoms with Gasteiger partial charge in [-0.25, -0.2) is 18.4 Å². The van der Waals surface area contributed by atoms with Gasteiger partial charge >= 0.3 is 0 Å². The van der Waals surface area contributed by atoms with Crippen LogP contribution in [0.25, 0.3) is 21.8 Å². The number of hydrogen-bond donors (Lipinski definition) is 1. The third-order valence-corrected chi connectivity index (χ3v) is 3.55. The second-order valence-electron chi connectivity index (χ2n) is 4.87. The van der Waals surface area contributed by atoms with E-state index in [1.165, 1.54) is 24.8 Å². The lowest BCUT2D eigenvalue weighted by molar-refractivity contribution is 0.592. The Morgan fingerprint density at radius 1 is 1.10 bits per heavy atom. The summed E-state index contributed by atoms with van der Waals surface area (Å²) in [7, 11) is 0. The zero-order valence-electron chi connectivity index (χ0n) is 10.8. The van der Waals surface area contributed by atoms with Gasteiger partial charge in [0.1, 0.15) is 18.5 Å². The number of hydrogen-bond acceptors (Lipinski definition) is 2. The van der Waals surface area contributed by atoms with Crippen molar-refractivity contribution in [2.75, 3.05) is 0 Å². The average molecular weight is 284 g/mol.